The summed E-state index contributed by atoms with van der Waals surface area (Å²) in [6, 6.07) is 8.48. The van der Waals surface area contributed by atoms with Crippen LogP contribution in [0.25, 0.3) is 0 Å². The van der Waals surface area contributed by atoms with Crippen LogP contribution < -0.4 is 10.1 Å². The number of H-pyrrole nitrogens is 1. The van der Waals surface area contributed by atoms with Gasteiger partial charge in [0.1, 0.15) is 17.9 Å². The molecule has 0 aliphatic carbocycles. The Kier molecular flexibility index (Phi) is 10.2. The first-order chi connectivity index (χ1) is 14.9. The van der Waals surface area contributed by atoms with Crippen molar-refractivity contribution in [3.05, 3.63) is 42.0 Å². The number of likely N-dealkylation sites (tertiary alicyclic amines) is 1. The Balaban J connectivity index is 0.00000363. The Morgan fingerprint density at radius 3 is 2.50 bits per heavy atom. The zero-order valence-electron chi connectivity index (χ0n) is 20.1. The molecular weight excluding hydrogens is 515 g/mol. The lowest BCUT2D eigenvalue weighted by molar-refractivity contribution is 0.271. The van der Waals surface area contributed by atoms with E-state index in [0.717, 1.165) is 63.2 Å². The lowest BCUT2D eigenvalue weighted by Crippen LogP contribution is -2.46. The molecule has 0 amide bonds. The van der Waals surface area contributed by atoms with Crippen LogP contribution in [-0.4, -0.2) is 58.8 Å². The summed E-state index contributed by atoms with van der Waals surface area (Å²) in [6.07, 6.45) is 3.71. The van der Waals surface area contributed by atoms with Crippen molar-refractivity contribution in [2.45, 2.75) is 58.8 Å². The van der Waals surface area contributed by atoms with Crippen molar-refractivity contribution in [2.75, 3.05) is 32.8 Å². The number of aromatic amines is 1. The number of nitrogens with one attached hydrogen (secondary N) is 2. The standard InChI is InChI=1S/C24H38N6O.HI/c1-6-25-23(30-13-11-19(12-14-30)22-27-17-28-29-22)26-16-24(4,5)20-7-9-21(10-8-20)31-15-18(2)3;/h7-10,17-19H,6,11-16H2,1-5H3,(H,25,26)(H,27,28,29);1H. The number of aromatic nitrogens is 3. The molecule has 7 nitrogen and oxygen atoms in total. The van der Waals surface area contributed by atoms with E-state index in [4.69, 9.17) is 9.73 Å². The summed E-state index contributed by atoms with van der Waals surface area (Å²) < 4.78 is 5.83. The highest BCUT2D eigenvalue weighted by atomic mass is 127. The van der Waals surface area contributed by atoms with Crippen molar-refractivity contribution in [3.63, 3.8) is 0 Å². The predicted molar refractivity (Wildman–Crippen MR) is 141 cm³/mol. The van der Waals surface area contributed by atoms with Gasteiger partial charge in [0.25, 0.3) is 0 Å². The highest BCUT2D eigenvalue weighted by molar-refractivity contribution is 14.0. The van der Waals surface area contributed by atoms with E-state index in [9.17, 15) is 0 Å². The zero-order valence-corrected chi connectivity index (χ0v) is 22.4. The molecule has 3 rings (SSSR count). The molecule has 32 heavy (non-hydrogen) atoms. The van der Waals surface area contributed by atoms with Gasteiger partial charge in [0.05, 0.1) is 13.2 Å². The van der Waals surface area contributed by atoms with Crippen molar-refractivity contribution in [3.8, 4) is 5.75 Å². The van der Waals surface area contributed by atoms with Gasteiger partial charge in [-0.3, -0.25) is 10.1 Å². The van der Waals surface area contributed by atoms with Crippen molar-refractivity contribution in [2.24, 2.45) is 10.9 Å². The molecule has 2 heterocycles. The Bertz CT molecular complexity index is 812. The molecule has 8 heteroatoms. The second kappa shape index (κ2) is 12.4. The highest BCUT2D eigenvalue weighted by Crippen LogP contribution is 2.27. The average Bonchev–Trinajstić information content (AvgIpc) is 3.31. The van der Waals surface area contributed by atoms with Gasteiger partial charge in [-0.25, -0.2) is 4.98 Å². The molecule has 1 aromatic carbocycles. The zero-order chi connectivity index (χ0) is 22.3. The fraction of sp³-hybridized carbons (Fsp3) is 0.625. The molecule has 178 valence electrons. The van der Waals surface area contributed by atoms with Gasteiger partial charge in [0.2, 0.25) is 0 Å². The molecule has 1 aromatic heterocycles. The summed E-state index contributed by atoms with van der Waals surface area (Å²) in [5.74, 6) is 3.91. The average molecular weight is 555 g/mol. The van der Waals surface area contributed by atoms with Gasteiger partial charge in [-0.15, -0.1) is 24.0 Å². The fourth-order valence-electron chi connectivity index (χ4n) is 3.83. The number of rotatable bonds is 8. The lowest BCUT2D eigenvalue weighted by atomic mass is 9.85. The number of piperidine rings is 1. The molecule has 2 N–H and O–H groups in total. The van der Waals surface area contributed by atoms with Crippen LogP contribution in [0.2, 0.25) is 0 Å². The van der Waals surface area contributed by atoms with E-state index in [-0.39, 0.29) is 29.4 Å². The van der Waals surface area contributed by atoms with Crippen LogP contribution in [0.5, 0.6) is 5.75 Å². The maximum absolute atomic E-state index is 5.83. The summed E-state index contributed by atoms with van der Waals surface area (Å²) in [6.45, 7) is 15.2. The molecule has 2 aromatic rings. The molecule has 1 saturated heterocycles. The minimum atomic E-state index is -0.0601. The summed E-state index contributed by atoms with van der Waals surface area (Å²) in [5.41, 5.74) is 1.21. The van der Waals surface area contributed by atoms with Crippen LogP contribution in [0.4, 0.5) is 0 Å². The van der Waals surface area contributed by atoms with E-state index < -0.39 is 0 Å². The smallest absolute Gasteiger partial charge is 0.193 e. The maximum Gasteiger partial charge on any atom is 0.193 e. The number of hydrogen-bond donors (Lipinski definition) is 2. The Morgan fingerprint density at radius 2 is 1.94 bits per heavy atom. The Hall–Kier alpha value is -1.84. The van der Waals surface area contributed by atoms with Crippen LogP contribution in [0.3, 0.4) is 0 Å². The van der Waals surface area contributed by atoms with E-state index in [0.29, 0.717) is 11.8 Å². The van der Waals surface area contributed by atoms with Crippen molar-refractivity contribution >= 4 is 29.9 Å². The van der Waals surface area contributed by atoms with Crippen molar-refractivity contribution in [1.82, 2.24) is 25.4 Å². The monoisotopic (exact) mass is 554 g/mol. The SMILES string of the molecule is CCNC(=NCC(C)(C)c1ccc(OCC(C)C)cc1)N1CCC(c2ncn[nH]2)CC1.I. The van der Waals surface area contributed by atoms with Gasteiger partial charge in [0, 0.05) is 31.0 Å². The number of hydrogen-bond acceptors (Lipinski definition) is 4. The van der Waals surface area contributed by atoms with E-state index >= 15 is 0 Å². The Labute approximate surface area is 209 Å². The molecule has 1 fully saturated rings. The summed E-state index contributed by atoms with van der Waals surface area (Å²) >= 11 is 0. The highest BCUT2D eigenvalue weighted by Gasteiger charge is 2.26. The number of guanidine groups is 1. The Morgan fingerprint density at radius 1 is 1.25 bits per heavy atom. The summed E-state index contributed by atoms with van der Waals surface area (Å²) in [4.78, 5) is 11.7. The third-order valence-electron chi connectivity index (χ3n) is 5.79. The number of ether oxygens (including phenoxy) is 1. The van der Waals surface area contributed by atoms with Gasteiger partial charge in [0.15, 0.2) is 5.96 Å². The van der Waals surface area contributed by atoms with Gasteiger partial charge >= 0.3 is 0 Å². The number of nitrogens with zero attached hydrogens (tertiary/aromatic N) is 4. The van der Waals surface area contributed by atoms with Gasteiger partial charge in [-0.1, -0.05) is 39.8 Å². The van der Waals surface area contributed by atoms with Crippen molar-refractivity contribution < 1.29 is 4.74 Å². The van der Waals surface area contributed by atoms with Crippen LogP contribution in [0.15, 0.2) is 35.6 Å². The minimum absolute atomic E-state index is 0. The summed E-state index contributed by atoms with van der Waals surface area (Å²) in [5, 5.41) is 10.5. The third-order valence-corrected chi connectivity index (χ3v) is 5.79. The third kappa shape index (κ3) is 7.35. The molecule has 0 atom stereocenters. The topological polar surface area (TPSA) is 78.4 Å². The number of aliphatic imine (C=N–C) groups is 1. The maximum atomic E-state index is 5.83. The van der Waals surface area contributed by atoms with Crippen LogP contribution in [0, 0.1) is 5.92 Å². The first-order valence-electron chi connectivity index (χ1n) is 11.5. The molecule has 0 saturated carbocycles. The molecule has 0 radical (unpaired) electrons. The molecule has 1 aliphatic rings. The quantitative estimate of drug-likeness (QED) is 0.284. The molecule has 0 bridgehead atoms. The first kappa shape index (κ1) is 26.4. The van der Waals surface area contributed by atoms with Crippen LogP contribution in [-0.2, 0) is 5.41 Å². The normalized spacial score (nSPS) is 15.6. The molecule has 0 unspecified atom stereocenters. The number of benzene rings is 1. The minimum Gasteiger partial charge on any atom is -0.493 e. The van der Waals surface area contributed by atoms with E-state index in [2.05, 4.69) is 84.3 Å². The van der Waals surface area contributed by atoms with E-state index in [1.54, 1.807) is 6.33 Å². The first-order valence-corrected chi connectivity index (χ1v) is 11.5. The second-order valence-electron chi connectivity index (χ2n) is 9.42. The van der Waals surface area contributed by atoms with Gasteiger partial charge in [-0.05, 0) is 43.4 Å². The van der Waals surface area contributed by atoms with Gasteiger partial charge in [-0.2, -0.15) is 5.10 Å². The fourth-order valence-corrected chi connectivity index (χ4v) is 3.83. The van der Waals surface area contributed by atoms with E-state index in [1.807, 2.05) is 0 Å². The van der Waals surface area contributed by atoms with Crippen LogP contribution >= 0.6 is 24.0 Å². The lowest BCUT2D eigenvalue weighted by Gasteiger charge is -2.34. The van der Waals surface area contributed by atoms with Crippen LogP contribution in [0.1, 0.15) is 64.8 Å². The molecule has 0 spiro atoms. The summed E-state index contributed by atoms with van der Waals surface area (Å²) in [7, 11) is 0. The second-order valence-corrected chi connectivity index (χ2v) is 9.42. The predicted octanol–water partition coefficient (Wildman–Crippen LogP) is 4.58. The largest absolute Gasteiger partial charge is 0.493 e. The molecule has 1 aliphatic heterocycles. The number of halogens is 1. The van der Waals surface area contributed by atoms with Crippen molar-refractivity contribution in [1.29, 1.82) is 0 Å². The molecular formula is C24H39IN6O. The van der Waals surface area contributed by atoms with Gasteiger partial charge < -0.3 is 15.0 Å². The van der Waals surface area contributed by atoms with E-state index in [1.165, 1.54) is 5.56 Å².